The number of anilines is 2. The number of nitrogens with one attached hydrogen (secondary N) is 2. The van der Waals surface area contributed by atoms with E-state index in [-0.39, 0.29) is 10.8 Å². The summed E-state index contributed by atoms with van der Waals surface area (Å²) in [7, 11) is -5.75. The van der Waals surface area contributed by atoms with E-state index in [1.54, 1.807) is 11.4 Å². The molecule has 136 valence electrons. The van der Waals surface area contributed by atoms with Crippen molar-refractivity contribution in [2.24, 2.45) is 0 Å². The lowest BCUT2D eigenvalue weighted by molar-refractivity contribution is -0.116. The molecule has 0 spiro atoms. The molecule has 0 aliphatic rings. The Bertz CT molecular complexity index is 936. The minimum Gasteiger partial charge on any atom is -0.325 e. The Labute approximate surface area is 150 Å². The topological polar surface area (TPSA) is 113 Å². The van der Waals surface area contributed by atoms with Gasteiger partial charge in [0.2, 0.25) is 15.9 Å². The fraction of sp³-hybridized carbons (Fsp3) is 0.214. The number of sulfonamides is 2. The highest BCUT2D eigenvalue weighted by molar-refractivity contribution is 7.92. The van der Waals surface area contributed by atoms with Gasteiger partial charge < -0.3 is 5.32 Å². The van der Waals surface area contributed by atoms with E-state index < -0.39 is 26.0 Å². The van der Waals surface area contributed by atoms with E-state index in [2.05, 4.69) is 10.0 Å². The van der Waals surface area contributed by atoms with Crippen molar-refractivity contribution in [1.82, 2.24) is 4.31 Å². The van der Waals surface area contributed by atoms with Crippen LogP contribution in [0.3, 0.4) is 0 Å². The number of rotatable bonds is 7. The molecule has 0 fully saturated rings. The summed E-state index contributed by atoms with van der Waals surface area (Å²) in [6.07, 6.45) is 1.03. The third-order valence-corrected chi connectivity index (χ3v) is 6.78. The van der Waals surface area contributed by atoms with Gasteiger partial charge in [-0.1, -0.05) is 6.07 Å². The van der Waals surface area contributed by atoms with Gasteiger partial charge in [-0.05, 0) is 35.7 Å². The number of carbonyl (C=O) groups is 1. The quantitative estimate of drug-likeness (QED) is 0.725. The maximum atomic E-state index is 12.2. The van der Waals surface area contributed by atoms with Gasteiger partial charge in [-0.3, -0.25) is 9.52 Å². The Morgan fingerprint density at radius 3 is 2.20 bits per heavy atom. The van der Waals surface area contributed by atoms with Gasteiger partial charge in [0.25, 0.3) is 10.0 Å². The number of nitrogens with zero attached hydrogens (tertiary/aromatic N) is 1. The molecule has 0 atom stereocenters. The van der Waals surface area contributed by atoms with Crippen molar-refractivity contribution in [3.05, 3.63) is 41.8 Å². The first kappa shape index (κ1) is 19.4. The second-order valence-electron chi connectivity index (χ2n) is 5.19. The summed E-state index contributed by atoms with van der Waals surface area (Å²) in [5, 5.41) is 4.21. The maximum Gasteiger partial charge on any atom is 0.252 e. The van der Waals surface area contributed by atoms with E-state index >= 15 is 0 Å². The van der Waals surface area contributed by atoms with Crippen molar-refractivity contribution >= 4 is 48.7 Å². The fourth-order valence-corrected chi connectivity index (χ4v) is 4.78. The van der Waals surface area contributed by atoms with Crippen molar-refractivity contribution in [1.29, 1.82) is 0 Å². The second-order valence-corrected chi connectivity index (χ2v) is 10.2. The molecular formula is C14H17N3O5S3. The first-order valence-corrected chi connectivity index (χ1v) is 11.2. The van der Waals surface area contributed by atoms with Gasteiger partial charge in [-0.25, -0.2) is 16.8 Å². The molecule has 8 nitrogen and oxygen atoms in total. The summed E-state index contributed by atoms with van der Waals surface area (Å²) >= 11 is 1.08. The minimum atomic E-state index is -3.70. The third kappa shape index (κ3) is 5.53. The summed E-state index contributed by atoms with van der Waals surface area (Å²) in [5.41, 5.74) is 0.781. The number of hydrogen-bond acceptors (Lipinski definition) is 6. The average molecular weight is 404 g/mol. The fourth-order valence-electron chi connectivity index (χ4n) is 1.89. The minimum absolute atomic E-state index is 0.166. The number of hydrogen-bond donors (Lipinski definition) is 2. The van der Waals surface area contributed by atoms with Gasteiger partial charge in [-0.15, -0.1) is 11.3 Å². The molecule has 0 saturated carbocycles. The highest BCUT2D eigenvalue weighted by atomic mass is 32.2. The number of amides is 1. The third-order valence-electron chi connectivity index (χ3n) is 3.00. The van der Waals surface area contributed by atoms with Gasteiger partial charge in [-0.2, -0.15) is 4.31 Å². The zero-order valence-electron chi connectivity index (χ0n) is 13.5. The second kappa shape index (κ2) is 7.52. The standard InChI is InChI=1S/C14H17N3O5S3/c1-17(25(21,22)14-4-3-9-23-14)10-13(18)15-11-5-7-12(8-6-11)16-24(2,19)20/h3-9,16H,10H2,1-2H3,(H,15,18). The highest BCUT2D eigenvalue weighted by Crippen LogP contribution is 2.20. The molecule has 0 aliphatic heterocycles. The molecule has 0 bridgehead atoms. The van der Waals surface area contributed by atoms with Crippen molar-refractivity contribution in [3.63, 3.8) is 0 Å². The lowest BCUT2D eigenvalue weighted by Crippen LogP contribution is -2.34. The zero-order valence-corrected chi connectivity index (χ0v) is 15.9. The van der Waals surface area contributed by atoms with Crippen LogP contribution in [0.25, 0.3) is 0 Å². The van der Waals surface area contributed by atoms with Gasteiger partial charge in [0.15, 0.2) is 0 Å². The Morgan fingerprint density at radius 2 is 1.68 bits per heavy atom. The van der Waals surface area contributed by atoms with Gasteiger partial charge in [0.05, 0.1) is 12.8 Å². The van der Waals surface area contributed by atoms with E-state index in [1.165, 1.54) is 37.4 Å². The van der Waals surface area contributed by atoms with Crippen molar-refractivity contribution in [2.75, 3.05) is 29.9 Å². The first-order valence-electron chi connectivity index (χ1n) is 6.95. The molecule has 2 aromatic rings. The molecular weight excluding hydrogens is 386 g/mol. The predicted molar refractivity (Wildman–Crippen MR) is 97.7 cm³/mol. The molecule has 0 saturated heterocycles. The summed E-state index contributed by atoms with van der Waals surface area (Å²) in [5.74, 6) is -0.508. The molecule has 0 aliphatic carbocycles. The van der Waals surface area contributed by atoms with E-state index in [0.717, 1.165) is 21.9 Å². The zero-order chi connectivity index (χ0) is 18.7. The number of carbonyl (C=O) groups excluding carboxylic acids is 1. The van der Waals surface area contributed by atoms with Crippen LogP contribution in [-0.4, -0.2) is 46.9 Å². The van der Waals surface area contributed by atoms with Crippen LogP contribution < -0.4 is 10.0 Å². The summed E-state index contributed by atoms with van der Waals surface area (Å²) in [6, 6.07) is 9.10. The van der Waals surface area contributed by atoms with Crippen LogP contribution >= 0.6 is 11.3 Å². The van der Waals surface area contributed by atoms with E-state index in [9.17, 15) is 21.6 Å². The van der Waals surface area contributed by atoms with Crippen LogP contribution in [0, 0.1) is 0 Å². The Kier molecular flexibility index (Phi) is 5.83. The van der Waals surface area contributed by atoms with Crippen LogP contribution in [0.1, 0.15) is 0 Å². The molecule has 0 unspecified atom stereocenters. The van der Waals surface area contributed by atoms with Crippen molar-refractivity contribution in [2.45, 2.75) is 4.21 Å². The average Bonchev–Trinajstić information content (AvgIpc) is 3.02. The molecule has 0 radical (unpaired) electrons. The largest absolute Gasteiger partial charge is 0.325 e. The van der Waals surface area contributed by atoms with E-state index in [1.807, 2.05) is 0 Å². The lowest BCUT2D eigenvalue weighted by atomic mass is 10.3. The molecule has 1 aromatic heterocycles. The number of thiophene rings is 1. The molecule has 25 heavy (non-hydrogen) atoms. The Hall–Kier alpha value is -1.95. The molecule has 1 aromatic carbocycles. The molecule has 2 N–H and O–H groups in total. The number of likely N-dealkylation sites (N-methyl/N-ethyl adjacent to an activating group) is 1. The maximum absolute atomic E-state index is 12.2. The summed E-state index contributed by atoms with van der Waals surface area (Å²) < 4.78 is 50.2. The van der Waals surface area contributed by atoms with Gasteiger partial charge in [0.1, 0.15) is 4.21 Å². The van der Waals surface area contributed by atoms with Crippen molar-refractivity contribution < 1.29 is 21.6 Å². The van der Waals surface area contributed by atoms with Crippen LogP contribution in [0.5, 0.6) is 0 Å². The van der Waals surface area contributed by atoms with Crippen molar-refractivity contribution in [3.8, 4) is 0 Å². The Balaban J connectivity index is 1.98. The molecule has 1 heterocycles. The monoisotopic (exact) mass is 403 g/mol. The molecule has 2 rings (SSSR count). The van der Waals surface area contributed by atoms with E-state index in [4.69, 9.17) is 0 Å². The molecule has 11 heteroatoms. The molecule has 1 amide bonds. The van der Waals surface area contributed by atoms with Gasteiger partial charge >= 0.3 is 0 Å². The van der Waals surface area contributed by atoms with Crippen LogP contribution in [-0.2, 0) is 24.8 Å². The normalized spacial score (nSPS) is 12.1. The summed E-state index contributed by atoms with van der Waals surface area (Å²) in [4.78, 5) is 12.0. The summed E-state index contributed by atoms with van der Waals surface area (Å²) in [6.45, 7) is -0.344. The first-order chi connectivity index (χ1) is 11.6. The van der Waals surface area contributed by atoms with Crippen LogP contribution in [0.2, 0.25) is 0 Å². The number of benzene rings is 1. The SMILES string of the molecule is CN(CC(=O)Nc1ccc(NS(C)(=O)=O)cc1)S(=O)(=O)c1cccs1. The van der Waals surface area contributed by atoms with Crippen LogP contribution in [0.15, 0.2) is 46.0 Å². The lowest BCUT2D eigenvalue weighted by Gasteiger charge is -2.15. The predicted octanol–water partition coefficient (Wildman–Crippen LogP) is 1.38. The van der Waals surface area contributed by atoms with Gasteiger partial charge in [0, 0.05) is 18.4 Å². The van der Waals surface area contributed by atoms with E-state index in [0.29, 0.717) is 11.4 Å². The highest BCUT2D eigenvalue weighted by Gasteiger charge is 2.23. The smallest absolute Gasteiger partial charge is 0.252 e. The van der Waals surface area contributed by atoms with Crippen LogP contribution in [0.4, 0.5) is 11.4 Å². The Morgan fingerprint density at radius 1 is 1.08 bits per heavy atom.